The number of pyridine rings is 1. The van der Waals surface area contributed by atoms with Gasteiger partial charge in [0.1, 0.15) is 5.82 Å². The maximum absolute atomic E-state index is 12.4. The van der Waals surface area contributed by atoms with Crippen molar-refractivity contribution in [1.82, 2.24) is 15.2 Å². The Labute approximate surface area is 169 Å². The molecule has 1 N–H and O–H groups in total. The Morgan fingerprint density at radius 1 is 1.21 bits per heavy atom. The molecule has 28 heavy (non-hydrogen) atoms. The molecular formula is C20H26N4O3S. The van der Waals surface area contributed by atoms with Crippen LogP contribution in [0.1, 0.15) is 33.4 Å². The lowest BCUT2D eigenvalue weighted by Gasteiger charge is -2.35. The van der Waals surface area contributed by atoms with Crippen LogP contribution < -0.4 is 10.2 Å². The predicted molar refractivity (Wildman–Crippen MR) is 110 cm³/mol. The summed E-state index contributed by atoms with van der Waals surface area (Å²) in [6.45, 7) is 6.67. The highest BCUT2D eigenvalue weighted by Crippen LogP contribution is 2.17. The summed E-state index contributed by atoms with van der Waals surface area (Å²) in [5, 5.41) is 4.79. The lowest BCUT2D eigenvalue weighted by Crippen LogP contribution is -2.48. The minimum Gasteiger partial charge on any atom is -0.382 e. The van der Waals surface area contributed by atoms with Crippen molar-refractivity contribution in [1.29, 1.82) is 0 Å². The summed E-state index contributed by atoms with van der Waals surface area (Å²) < 4.78 is 5.25. The molecule has 0 unspecified atom stereocenters. The minimum atomic E-state index is -0.123. The third-order valence-corrected chi connectivity index (χ3v) is 5.45. The quantitative estimate of drug-likeness (QED) is 0.686. The van der Waals surface area contributed by atoms with E-state index < -0.39 is 0 Å². The van der Waals surface area contributed by atoms with Crippen LogP contribution in [0.15, 0.2) is 35.8 Å². The monoisotopic (exact) mass is 402 g/mol. The first-order valence-corrected chi connectivity index (χ1v) is 10.5. The van der Waals surface area contributed by atoms with Gasteiger partial charge in [0, 0.05) is 52.1 Å². The molecule has 0 bridgehead atoms. The van der Waals surface area contributed by atoms with Crippen LogP contribution in [0.4, 0.5) is 5.82 Å². The van der Waals surface area contributed by atoms with E-state index in [1.807, 2.05) is 35.4 Å². The Balaban J connectivity index is 1.46. The zero-order valence-electron chi connectivity index (χ0n) is 16.1. The van der Waals surface area contributed by atoms with Crippen LogP contribution in [0.25, 0.3) is 0 Å². The number of nitrogens with one attached hydrogen (secondary N) is 1. The lowest BCUT2D eigenvalue weighted by atomic mass is 10.2. The fourth-order valence-electron chi connectivity index (χ4n) is 3.02. The maximum atomic E-state index is 12.4. The van der Waals surface area contributed by atoms with E-state index in [0.29, 0.717) is 38.4 Å². The van der Waals surface area contributed by atoms with E-state index in [-0.39, 0.29) is 11.8 Å². The fraction of sp³-hybridized carbons (Fsp3) is 0.450. The Morgan fingerprint density at radius 3 is 2.68 bits per heavy atom. The van der Waals surface area contributed by atoms with Crippen molar-refractivity contribution in [3.05, 3.63) is 46.3 Å². The minimum absolute atomic E-state index is 0.0963. The third kappa shape index (κ3) is 5.30. The van der Waals surface area contributed by atoms with Crippen LogP contribution in [0.2, 0.25) is 0 Å². The number of hydrogen-bond donors (Lipinski definition) is 1. The van der Waals surface area contributed by atoms with Crippen molar-refractivity contribution in [3.63, 3.8) is 0 Å². The first kappa shape index (κ1) is 20.3. The summed E-state index contributed by atoms with van der Waals surface area (Å²) in [6, 6.07) is 7.42. The molecule has 2 amide bonds. The van der Waals surface area contributed by atoms with Crippen LogP contribution in [0.3, 0.4) is 0 Å². The second-order valence-electron chi connectivity index (χ2n) is 6.47. The molecule has 3 rings (SSSR count). The standard InChI is InChI=1S/C20H26N4O3S/c1-2-27-13-4-8-21-19(25)16-6-7-18(22-15-16)23-9-11-24(12-10-23)20(26)17-5-3-14-28-17/h3,5-7,14-15H,2,4,8-13H2,1H3,(H,21,25). The Kier molecular flexibility index (Phi) is 7.39. The largest absolute Gasteiger partial charge is 0.382 e. The fourth-order valence-corrected chi connectivity index (χ4v) is 3.72. The number of ether oxygens (including phenoxy) is 1. The first-order valence-electron chi connectivity index (χ1n) is 9.58. The van der Waals surface area contributed by atoms with E-state index in [0.717, 1.165) is 30.2 Å². The molecule has 1 aliphatic heterocycles. The molecule has 0 atom stereocenters. The van der Waals surface area contributed by atoms with Gasteiger partial charge in [-0.05, 0) is 36.9 Å². The van der Waals surface area contributed by atoms with Gasteiger partial charge in [-0.15, -0.1) is 11.3 Å². The third-order valence-electron chi connectivity index (χ3n) is 4.59. The molecule has 2 aromatic rings. The number of anilines is 1. The molecule has 0 saturated carbocycles. The molecule has 8 heteroatoms. The highest BCUT2D eigenvalue weighted by Gasteiger charge is 2.23. The van der Waals surface area contributed by atoms with Crippen LogP contribution in [0, 0.1) is 0 Å². The molecule has 0 aromatic carbocycles. The van der Waals surface area contributed by atoms with E-state index in [1.165, 1.54) is 11.3 Å². The summed E-state index contributed by atoms with van der Waals surface area (Å²) in [6.07, 6.45) is 2.40. The van der Waals surface area contributed by atoms with Crippen molar-refractivity contribution in [2.24, 2.45) is 0 Å². The van der Waals surface area contributed by atoms with Crippen molar-refractivity contribution in [2.45, 2.75) is 13.3 Å². The number of aromatic nitrogens is 1. The molecular weight excluding hydrogens is 376 g/mol. The van der Waals surface area contributed by atoms with Gasteiger partial charge in [-0.25, -0.2) is 4.98 Å². The second-order valence-corrected chi connectivity index (χ2v) is 7.42. The number of hydrogen-bond acceptors (Lipinski definition) is 6. The average molecular weight is 403 g/mol. The molecule has 1 saturated heterocycles. The van der Waals surface area contributed by atoms with Gasteiger partial charge in [0.05, 0.1) is 10.4 Å². The van der Waals surface area contributed by atoms with E-state index in [2.05, 4.69) is 15.2 Å². The molecule has 150 valence electrons. The maximum Gasteiger partial charge on any atom is 0.264 e. The summed E-state index contributed by atoms with van der Waals surface area (Å²) in [4.78, 5) is 33.8. The molecule has 2 aromatic heterocycles. The van der Waals surface area contributed by atoms with E-state index >= 15 is 0 Å². The Morgan fingerprint density at radius 2 is 2.04 bits per heavy atom. The van der Waals surface area contributed by atoms with Gasteiger partial charge in [0.15, 0.2) is 0 Å². The topological polar surface area (TPSA) is 74.8 Å². The van der Waals surface area contributed by atoms with Gasteiger partial charge >= 0.3 is 0 Å². The van der Waals surface area contributed by atoms with Gasteiger partial charge in [0.2, 0.25) is 0 Å². The van der Waals surface area contributed by atoms with Crippen LogP contribution in [0.5, 0.6) is 0 Å². The Hall–Kier alpha value is -2.45. The number of carbonyl (C=O) groups is 2. The van der Waals surface area contributed by atoms with E-state index in [9.17, 15) is 9.59 Å². The second kappa shape index (κ2) is 10.2. The predicted octanol–water partition coefficient (Wildman–Crippen LogP) is 2.26. The number of nitrogens with zero attached hydrogens (tertiary/aromatic N) is 3. The van der Waals surface area contributed by atoms with Crippen LogP contribution >= 0.6 is 11.3 Å². The molecule has 0 radical (unpaired) electrons. The number of amides is 2. The number of rotatable bonds is 8. The number of piperazine rings is 1. The van der Waals surface area contributed by atoms with Gasteiger partial charge in [0.25, 0.3) is 11.8 Å². The molecule has 0 spiro atoms. The lowest BCUT2D eigenvalue weighted by molar-refractivity contribution is 0.0751. The SMILES string of the molecule is CCOCCCNC(=O)c1ccc(N2CCN(C(=O)c3cccs3)CC2)nc1. The normalized spacial score (nSPS) is 14.2. The number of carbonyl (C=O) groups excluding carboxylic acids is 2. The van der Waals surface area contributed by atoms with Crippen molar-refractivity contribution >= 4 is 29.0 Å². The molecule has 3 heterocycles. The van der Waals surface area contributed by atoms with E-state index in [4.69, 9.17) is 4.74 Å². The van der Waals surface area contributed by atoms with Crippen molar-refractivity contribution in [3.8, 4) is 0 Å². The van der Waals surface area contributed by atoms with Crippen molar-refractivity contribution < 1.29 is 14.3 Å². The number of thiophene rings is 1. The zero-order valence-corrected chi connectivity index (χ0v) is 16.9. The summed E-state index contributed by atoms with van der Waals surface area (Å²) >= 11 is 1.47. The van der Waals surface area contributed by atoms with Crippen LogP contribution in [-0.4, -0.2) is 67.6 Å². The van der Waals surface area contributed by atoms with Crippen LogP contribution in [-0.2, 0) is 4.74 Å². The van der Waals surface area contributed by atoms with Gasteiger partial charge in [-0.3, -0.25) is 9.59 Å². The molecule has 1 fully saturated rings. The molecule has 0 aliphatic carbocycles. The highest BCUT2D eigenvalue weighted by molar-refractivity contribution is 7.12. The zero-order chi connectivity index (χ0) is 19.8. The van der Waals surface area contributed by atoms with Gasteiger partial charge < -0.3 is 19.9 Å². The summed E-state index contributed by atoms with van der Waals surface area (Å²) in [7, 11) is 0. The highest BCUT2D eigenvalue weighted by atomic mass is 32.1. The molecule has 7 nitrogen and oxygen atoms in total. The summed E-state index contributed by atoms with van der Waals surface area (Å²) in [5.41, 5.74) is 0.548. The molecule has 1 aliphatic rings. The van der Waals surface area contributed by atoms with Gasteiger partial charge in [-0.2, -0.15) is 0 Å². The summed E-state index contributed by atoms with van der Waals surface area (Å²) in [5.74, 6) is 0.803. The van der Waals surface area contributed by atoms with Gasteiger partial charge in [-0.1, -0.05) is 6.07 Å². The average Bonchev–Trinajstić information content (AvgIpc) is 3.28. The van der Waals surface area contributed by atoms with E-state index in [1.54, 1.807) is 12.3 Å². The van der Waals surface area contributed by atoms with Crippen molar-refractivity contribution in [2.75, 3.05) is 50.8 Å². The first-order chi connectivity index (χ1) is 13.7. The smallest absolute Gasteiger partial charge is 0.264 e. The Bertz CT molecular complexity index is 756.